The summed E-state index contributed by atoms with van der Waals surface area (Å²) < 4.78 is 19.3. The first kappa shape index (κ1) is 32.0. The zero-order valence-corrected chi connectivity index (χ0v) is 28.6. The highest BCUT2D eigenvalue weighted by atomic mass is 16.8. The van der Waals surface area contributed by atoms with Gasteiger partial charge < -0.3 is 28.9 Å². The first-order chi connectivity index (χ1) is 24.6. The second-order valence-corrected chi connectivity index (χ2v) is 13.1. The van der Waals surface area contributed by atoms with Crippen molar-refractivity contribution >= 4 is 34.3 Å². The Bertz CT molecular complexity index is 1890. The molecule has 0 amide bonds. The molecule has 2 saturated heterocycles. The highest BCUT2D eigenvalue weighted by molar-refractivity contribution is 5.83. The molecule has 8 rings (SSSR count). The van der Waals surface area contributed by atoms with Crippen LogP contribution in [0.5, 0.6) is 5.75 Å². The Hall–Kier alpha value is -5.20. The van der Waals surface area contributed by atoms with Crippen molar-refractivity contribution in [1.82, 2.24) is 25.0 Å². The van der Waals surface area contributed by atoms with E-state index in [1.807, 2.05) is 48.8 Å². The van der Waals surface area contributed by atoms with E-state index in [0.717, 1.165) is 61.5 Å². The second-order valence-electron chi connectivity index (χ2n) is 13.1. The topological polar surface area (TPSA) is 96.6 Å². The van der Waals surface area contributed by atoms with Crippen molar-refractivity contribution in [3.63, 3.8) is 0 Å². The minimum atomic E-state index is -1.07. The van der Waals surface area contributed by atoms with Gasteiger partial charge in [-0.25, -0.2) is 0 Å². The molecule has 5 aromatic rings. The third kappa shape index (κ3) is 6.56. The van der Waals surface area contributed by atoms with Gasteiger partial charge in [0.2, 0.25) is 5.79 Å². The molecule has 258 valence electrons. The summed E-state index contributed by atoms with van der Waals surface area (Å²) in [6.45, 7) is 10.1. The van der Waals surface area contributed by atoms with Crippen LogP contribution in [0.4, 0.5) is 17.1 Å². The highest BCUT2D eigenvalue weighted by Gasteiger charge is 2.45. The van der Waals surface area contributed by atoms with Crippen molar-refractivity contribution in [3.8, 4) is 5.75 Å². The predicted molar refractivity (Wildman–Crippen MR) is 195 cm³/mol. The van der Waals surface area contributed by atoms with Crippen molar-refractivity contribution in [2.45, 2.75) is 44.7 Å². The van der Waals surface area contributed by atoms with Crippen LogP contribution < -0.4 is 19.4 Å². The number of fused-ring (bicyclic) bond motifs is 1. The zero-order valence-electron chi connectivity index (χ0n) is 28.6. The number of rotatable bonds is 11. The van der Waals surface area contributed by atoms with Crippen LogP contribution in [0.2, 0.25) is 0 Å². The molecule has 3 aliphatic heterocycles. The lowest BCUT2D eigenvalue weighted by molar-refractivity contribution is -0.191. The maximum absolute atomic E-state index is 6.65. The van der Waals surface area contributed by atoms with E-state index in [4.69, 9.17) is 14.2 Å². The third-order valence-electron chi connectivity index (χ3n) is 9.93. The maximum Gasteiger partial charge on any atom is 0.218 e. The van der Waals surface area contributed by atoms with Gasteiger partial charge in [0.25, 0.3) is 0 Å². The average Bonchev–Trinajstić information content (AvgIpc) is 3.97. The minimum Gasteiger partial charge on any atom is -0.491 e. The first-order valence-electron chi connectivity index (χ1n) is 17.5. The molecule has 0 radical (unpaired) electrons. The van der Waals surface area contributed by atoms with Crippen LogP contribution in [0.1, 0.15) is 25.8 Å². The molecule has 0 saturated carbocycles. The summed E-state index contributed by atoms with van der Waals surface area (Å²) >= 11 is 0. The van der Waals surface area contributed by atoms with Crippen molar-refractivity contribution in [2.24, 2.45) is 5.10 Å². The fourth-order valence-corrected chi connectivity index (χ4v) is 6.89. The molecule has 0 N–H and O–H groups in total. The monoisotopic (exact) mass is 673 g/mol. The molecule has 0 spiro atoms. The SMILES string of the molecule is CCC(C)N1CN(c2ccc(N3CCN(c4ccc(OC[C@@H]5CO[C@@](Cn6nccn6)(c6cccc7ncccc67)O5)cc4)CC3)cc2)C=N1. The normalized spacial score (nSPS) is 21.4. The van der Waals surface area contributed by atoms with Gasteiger partial charge in [0.05, 0.1) is 24.5 Å². The molecule has 2 aromatic heterocycles. The van der Waals surface area contributed by atoms with E-state index in [1.165, 1.54) is 17.1 Å². The predicted octanol–water partition coefficient (Wildman–Crippen LogP) is 5.32. The van der Waals surface area contributed by atoms with Gasteiger partial charge in [0.1, 0.15) is 38.0 Å². The van der Waals surface area contributed by atoms with E-state index >= 15 is 0 Å². The molecule has 12 nitrogen and oxygen atoms in total. The molecule has 3 aromatic carbocycles. The van der Waals surface area contributed by atoms with Crippen molar-refractivity contribution < 1.29 is 14.2 Å². The van der Waals surface area contributed by atoms with E-state index in [2.05, 4.69) is 90.2 Å². The smallest absolute Gasteiger partial charge is 0.218 e. The lowest BCUT2D eigenvalue weighted by atomic mass is 10.00. The van der Waals surface area contributed by atoms with Crippen molar-refractivity contribution in [2.75, 3.05) is 60.8 Å². The molecule has 5 heterocycles. The summed E-state index contributed by atoms with van der Waals surface area (Å²) in [5.41, 5.74) is 5.40. The number of hydrogen-bond acceptors (Lipinski definition) is 11. The molecular formula is C38H43N9O3. The molecular weight excluding hydrogens is 630 g/mol. The summed E-state index contributed by atoms with van der Waals surface area (Å²) in [6.07, 6.45) is 7.84. The third-order valence-corrected chi connectivity index (χ3v) is 9.93. The molecule has 50 heavy (non-hydrogen) atoms. The van der Waals surface area contributed by atoms with Crippen LogP contribution in [-0.2, 0) is 21.8 Å². The van der Waals surface area contributed by atoms with Crippen LogP contribution in [0, 0.1) is 0 Å². The fourth-order valence-electron chi connectivity index (χ4n) is 6.89. The molecule has 0 bridgehead atoms. The van der Waals surface area contributed by atoms with Gasteiger partial charge in [-0.15, -0.1) is 0 Å². The molecule has 12 heteroatoms. The van der Waals surface area contributed by atoms with Gasteiger partial charge in [0.15, 0.2) is 0 Å². The number of aromatic nitrogens is 4. The number of anilines is 3. The lowest BCUT2D eigenvalue weighted by Crippen LogP contribution is -2.46. The standard InChI is InChI=1S/C38H43N9O3/c1-3-29(2)46-28-45(27-42-46)32-11-9-30(10-12-32)43-20-22-44(23-21-43)31-13-15-33(16-14-31)48-24-34-25-49-38(50-34,26-47-40-18-19-41-47)36-7-4-8-37-35(36)6-5-17-39-37/h4-19,27,29,34H,3,20-26,28H2,1-2H3/t29?,34-,38-/m1/s1. The number of hydrazone groups is 1. The Labute approximate surface area is 292 Å². The maximum atomic E-state index is 6.65. The van der Waals surface area contributed by atoms with Gasteiger partial charge in [-0.1, -0.05) is 25.1 Å². The summed E-state index contributed by atoms with van der Waals surface area (Å²) in [6, 6.07) is 27.6. The van der Waals surface area contributed by atoms with E-state index in [-0.39, 0.29) is 6.10 Å². The van der Waals surface area contributed by atoms with Gasteiger partial charge in [-0.05, 0) is 74.0 Å². The molecule has 1 unspecified atom stereocenters. The highest BCUT2D eigenvalue weighted by Crippen LogP contribution is 2.39. The van der Waals surface area contributed by atoms with Gasteiger partial charge in [-0.3, -0.25) is 9.99 Å². The van der Waals surface area contributed by atoms with E-state index in [1.54, 1.807) is 23.4 Å². The van der Waals surface area contributed by atoms with Crippen LogP contribution in [0.3, 0.4) is 0 Å². The number of ether oxygens (including phenoxy) is 3. The van der Waals surface area contributed by atoms with Crippen LogP contribution >= 0.6 is 0 Å². The van der Waals surface area contributed by atoms with E-state index < -0.39 is 5.79 Å². The number of hydrogen-bond donors (Lipinski definition) is 0. The number of nitrogens with zero attached hydrogens (tertiary/aromatic N) is 9. The summed E-state index contributed by atoms with van der Waals surface area (Å²) in [5.74, 6) is -0.270. The molecule has 3 aliphatic rings. The largest absolute Gasteiger partial charge is 0.491 e. The Morgan fingerprint density at radius 1 is 0.840 bits per heavy atom. The summed E-state index contributed by atoms with van der Waals surface area (Å²) in [7, 11) is 0. The summed E-state index contributed by atoms with van der Waals surface area (Å²) in [4.78, 5) is 13.2. The quantitative estimate of drug-likeness (QED) is 0.183. The fraction of sp³-hybridized carbons (Fsp3) is 0.368. The van der Waals surface area contributed by atoms with E-state index in [0.29, 0.717) is 25.8 Å². The molecule has 0 aliphatic carbocycles. The van der Waals surface area contributed by atoms with Crippen LogP contribution in [0.15, 0.2) is 103 Å². The van der Waals surface area contributed by atoms with E-state index in [9.17, 15) is 0 Å². The zero-order chi connectivity index (χ0) is 33.9. The first-order valence-corrected chi connectivity index (χ1v) is 17.5. The minimum absolute atomic E-state index is 0.276. The van der Waals surface area contributed by atoms with Crippen LogP contribution in [-0.4, -0.2) is 89.5 Å². The number of benzene rings is 3. The number of piperazine rings is 1. The van der Waals surface area contributed by atoms with Crippen molar-refractivity contribution in [1.29, 1.82) is 0 Å². The Kier molecular flexibility index (Phi) is 8.95. The Balaban J connectivity index is 0.851. The second kappa shape index (κ2) is 14.0. The summed E-state index contributed by atoms with van der Waals surface area (Å²) in [5, 5.41) is 16.3. The Morgan fingerprint density at radius 3 is 2.26 bits per heavy atom. The Morgan fingerprint density at radius 2 is 1.54 bits per heavy atom. The average molecular weight is 674 g/mol. The molecule has 2 fully saturated rings. The van der Waals surface area contributed by atoms with Gasteiger partial charge in [-0.2, -0.15) is 20.1 Å². The van der Waals surface area contributed by atoms with Gasteiger partial charge in [0, 0.05) is 66.4 Å². The number of pyridine rings is 1. The van der Waals surface area contributed by atoms with Crippen LogP contribution in [0.25, 0.3) is 10.9 Å². The van der Waals surface area contributed by atoms with Gasteiger partial charge >= 0.3 is 0 Å². The van der Waals surface area contributed by atoms with Crippen molar-refractivity contribution in [3.05, 3.63) is 103 Å². The molecule has 3 atom stereocenters. The lowest BCUT2D eigenvalue weighted by Gasteiger charge is -2.37.